The Morgan fingerprint density at radius 2 is 2.08 bits per heavy atom. The fourth-order valence-corrected chi connectivity index (χ4v) is 4.34. The summed E-state index contributed by atoms with van der Waals surface area (Å²) in [4.78, 5) is 36.2. The molecule has 3 heterocycles. The number of nitrogens with zero attached hydrogens (tertiary/aromatic N) is 3. The molecule has 0 spiro atoms. The molecule has 2 aromatic rings. The van der Waals surface area contributed by atoms with Gasteiger partial charge in [-0.05, 0) is 26.3 Å². The monoisotopic (exact) mass is 379 g/mol. The third-order valence-corrected chi connectivity index (χ3v) is 5.53. The Kier molecular flexibility index (Phi) is 5.10. The van der Waals surface area contributed by atoms with Crippen LogP contribution in [-0.4, -0.2) is 59.4 Å². The van der Waals surface area contributed by atoms with Crippen LogP contribution in [0.1, 0.15) is 34.4 Å². The number of aliphatic hydroxyl groups excluding tert-OH is 1. The first-order valence-electron chi connectivity index (χ1n) is 8.34. The van der Waals surface area contributed by atoms with E-state index in [0.29, 0.717) is 32.3 Å². The third-order valence-electron chi connectivity index (χ3n) is 4.37. The van der Waals surface area contributed by atoms with Gasteiger partial charge in [-0.2, -0.15) is 0 Å². The largest absolute Gasteiger partial charge is 0.467 e. The summed E-state index contributed by atoms with van der Waals surface area (Å²) in [5.74, 6) is 0.227. The van der Waals surface area contributed by atoms with Crippen molar-refractivity contribution in [1.29, 1.82) is 0 Å². The number of methoxy groups -OCH3 is 1. The number of thiophene rings is 1. The molecule has 0 radical (unpaired) electrons. The Balaban J connectivity index is 2.16. The average molecular weight is 379 g/mol. The van der Waals surface area contributed by atoms with E-state index in [1.807, 2.05) is 6.92 Å². The molecule has 0 aliphatic carbocycles. The van der Waals surface area contributed by atoms with Crippen molar-refractivity contribution >= 4 is 39.3 Å². The van der Waals surface area contributed by atoms with Crippen molar-refractivity contribution in [2.24, 2.45) is 0 Å². The van der Waals surface area contributed by atoms with Crippen LogP contribution in [0.15, 0.2) is 0 Å². The van der Waals surface area contributed by atoms with Crippen molar-refractivity contribution in [3.63, 3.8) is 0 Å². The molecule has 2 aromatic heterocycles. The lowest BCUT2D eigenvalue weighted by Crippen LogP contribution is -2.37. The topological polar surface area (TPSA) is 102 Å². The maximum atomic E-state index is 12.2. The number of rotatable bonds is 4. The van der Waals surface area contributed by atoms with Gasteiger partial charge >= 0.3 is 11.9 Å². The summed E-state index contributed by atoms with van der Waals surface area (Å²) in [5, 5.41) is 10.8. The number of ether oxygens (including phenoxy) is 2. The minimum Gasteiger partial charge on any atom is -0.467 e. The molecular weight excluding hydrogens is 358 g/mol. The Morgan fingerprint density at radius 3 is 2.73 bits per heavy atom. The maximum absolute atomic E-state index is 12.2. The molecule has 0 bridgehead atoms. The van der Waals surface area contributed by atoms with Crippen LogP contribution in [0.25, 0.3) is 10.2 Å². The highest BCUT2D eigenvalue weighted by Gasteiger charge is 2.39. The molecule has 2 atom stereocenters. The smallest absolute Gasteiger partial charge is 0.348 e. The van der Waals surface area contributed by atoms with E-state index in [4.69, 9.17) is 9.47 Å². The van der Waals surface area contributed by atoms with Gasteiger partial charge in [-0.1, -0.05) is 0 Å². The normalized spacial score (nSPS) is 19.8. The van der Waals surface area contributed by atoms with Crippen molar-refractivity contribution in [3.05, 3.63) is 16.3 Å². The lowest BCUT2D eigenvalue weighted by Gasteiger charge is -2.24. The fourth-order valence-electron chi connectivity index (χ4n) is 3.23. The lowest BCUT2D eigenvalue weighted by molar-refractivity contribution is -0.142. The number of esters is 2. The third kappa shape index (κ3) is 3.12. The number of anilines is 1. The van der Waals surface area contributed by atoms with Gasteiger partial charge in [-0.15, -0.1) is 11.3 Å². The highest BCUT2D eigenvalue weighted by Crippen LogP contribution is 2.38. The van der Waals surface area contributed by atoms with E-state index < -0.39 is 24.1 Å². The van der Waals surface area contributed by atoms with Crippen molar-refractivity contribution in [3.8, 4) is 0 Å². The zero-order valence-electron chi connectivity index (χ0n) is 15.1. The summed E-state index contributed by atoms with van der Waals surface area (Å²) >= 11 is 1.24. The van der Waals surface area contributed by atoms with Gasteiger partial charge in [-0.25, -0.2) is 19.6 Å². The van der Waals surface area contributed by atoms with Crippen molar-refractivity contribution in [1.82, 2.24) is 9.97 Å². The highest BCUT2D eigenvalue weighted by atomic mass is 32.1. The number of fused-ring (bicyclic) bond motifs is 1. The minimum atomic E-state index is -0.659. The summed E-state index contributed by atoms with van der Waals surface area (Å²) in [6.07, 6.45) is -0.390. The zero-order chi connectivity index (χ0) is 19.0. The van der Waals surface area contributed by atoms with Crippen LogP contribution < -0.4 is 4.90 Å². The molecule has 0 aromatic carbocycles. The van der Waals surface area contributed by atoms with Crippen molar-refractivity contribution in [2.75, 3.05) is 25.2 Å². The Morgan fingerprint density at radius 1 is 1.35 bits per heavy atom. The molecule has 1 N–H and O–H groups in total. The molecule has 0 saturated carbocycles. The van der Waals surface area contributed by atoms with Crippen LogP contribution in [0.3, 0.4) is 0 Å². The minimum absolute atomic E-state index is 0.259. The van der Waals surface area contributed by atoms with E-state index in [1.54, 1.807) is 18.7 Å². The van der Waals surface area contributed by atoms with Gasteiger partial charge < -0.3 is 19.5 Å². The van der Waals surface area contributed by atoms with E-state index >= 15 is 0 Å². The van der Waals surface area contributed by atoms with Crippen LogP contribution >= 0.6 is 11.3 Å². The van der Waals surface area contributed by atoms with Crippen molar-refractivity contribution in [2.45, 2.75) is 39.3 Å². The standard InChI is InChI=1S/C17H21N3O5S/c1-5-25-17(23)13-8(2)12-14(18-9(3)19-15(12)26-13)20-7-10(21)6-11(20)16(22)24-4/h10-11,21H,5-7H2,1-4H3/t10-,11+/m1/s1. The summed E-state index contributed by atoms with van der Waals surface area (Å²) in [5.41, 5.74) is 0.712. The predicted octanol–water partition coefficient (Wildman–Crippen LogP) is 1.60. The molecule has 1 aliphatic heterocycles. The summed E-state index contributed by atoms with van der Waals surface area (Å²) in [6.45, 7) is 5.86. The second-order valence-corrected chi connectivity index (χ2v) is 7.13. The number of aliphatic hydroxyl groups is 1. The first-order valence-corrected chi connectivity index (χ1v) is 9.16. The quantitative estimate of drug-likeness (QED) is 0.799. The van der Waals surface area contributed by atoms with Crippen LogP contribution in [0.2, 0.25) is 0 Å². The van der Waals surface area contributed by atoms with E-state index in [1.165, 1.54) is 18.4 Å². The van der Waals surface area contributed by atoms with Gasteiger partial charge in [-0.3, -0.25) is 0 Å². The lowest BCUT2D eigenvalue weighted by atomic mass is 10.1. The van der Waals surface area contributed by atoms with Crippen LogP contribution in [-0.2, 0) is 14.3 Å². The molecule has 0 unspecified atom stereocenters. The molecule has 1 saturated heterocycles. The van der Waals surface area contributed by atoms with Crippen molar-refractivity contribution < 1.29 is 24.2 Å². The summed E-state index contributed by atoms with van der Waals surface area (Å²) in [7, 11) is 1.32. The molecule has 26 heavy (non-hydrogen) atoms. The molecule has 8 nitrogen and oxygen atoms in total. The van der Waals surface area contributed by atoms with Crippen LogP contribution in [0, 0.1) is 13.8 Å². The van der Waals surface area contributed by atoms with E-state index in [2.05, 4.69) is 9.97 Å². The molecule has 1 fully saturated rings. The van der Waals surface area contributed by atoms with Gasteiger partial charge in [0.2, 0.25) is 0 Å². The summed E-state index contributed by atoms with van der Waals surface area (Å²) < 4.78 is 10.00. The number of β-amino-alcohol motifs (C(OH)–C–C–N with tert-alkyl or cyclic N) is 1. The fraction of sp³-hybridized carbons (Fsp3) is 0.529. The number of hydrogen-bond acceptors (Lipinski definition) is 9. The maximum Gasteiger partial charge on any atom is 0.348 e. The SMILES string of the molecule is CCOC(=O)c1sc2nc(C)nc(N3C[C@H](O)C[C@H]3C(=O)OC)c2c1C. The predicted molar refractivity (Wildman–Crippen MR) is 96.6 cm³/mol. The number of carbonyl (C=O) groups is 2. The zero-order valence-corrected chi connectivity index (χ0v) is 15.9. The molecule has 3 rings (SSSR count). The number of aryl methyl sites for hydroxylation is 2. The van der Waals surface area contributed by atoms with Gasteiger partial charge in [0.1, 0.15) is 27.4 Å². The Hall–Kier alpha value is -2.26. The number of aromatic nitrogens is 2. The molecular formula is C17H21N3O5S. The molecule has 1 aliphatic rings. The molecule has 140 valence electrons. The second-order valence-electron chi connectivity index (χ2n) is 6.13. The van der Waals surface area contributed by atoms with Gasteiger partial charge in [0, 0.05) is 13.0 Å². The number of hydrogen-bond donors (Lipinski definition) is 1. The van der Waals surface area contributed by atoms with E-state index in [0.717, 1.165) is 0 Å². The van der Waals surface area contributed by atoms with Gasteiger partial charge in [0.15, 0.2) is 0 Å². The number of carbonyl (C=O) groups excluding carboxylic acids is 2. The first kappa shape index (κ1) is 18.5. The average Bonchev–Trinajstić information content (AvgIpc) is 3.14. The van der Waals surface area contributed by atoms with Crippen LogP contribution in [0.4, 0.5) is 5.82 Å². The van der Waals surface area contributed by atoms with Gasteiger partial charge in [0.25, 0.3) is 0 Å². The Bertz CT molecular complexity index is 866. The Labute approximate surface area is 154 Å². The van der Waals surface area contributed by atoms with Gasteiger partial charge in [0.05, 0.1) is 25.2 Å². The van der Waals surface area contributed by atoms with E-state index in [-0.39, 0.29) is 19.6 Å². The summed E-state index contributed by atoms with van der Waals surface area (Å²) in [6, 6.07) is -0.627. The molecule has 0 amide bonds. The molecule has 9 heteroatoms. The highest BCUT2D eigenvalue weighted by molar-refractivity contribution is 7.20. The van der Waals surface area contributed by atoms with E-state index in [9.17, 15) is 14.7 Å². The first-order chi connectivity index (χ1) is 12.4. The van der Waals surface area contributed by atoms with Crippen LogP contribution in [0.5, 0.6) is 0 Å². The second kappa shape index (κ2) is 7.16.